The average Bonchev–Trinajstić information content (AvgIpc) is 2.52. The van der Waals surface area contributed by atoms with Crippen LogP contribution in [0.4, 0.5) is 13.2 Å². The maximum absolute atomic E-state index is 13.2. The Morgan fingerprint density at radius 3 is 2.41 bits per heavy atom. The number of alkyl halides is 3. The molecule has 150 valence electrons. The third-order valence-corrected chi connectivity index (χ3v) is 4.16. The van der Waals surface area contributed by atoms with Crippen molar-refractivity contribution in [2.75, 3.05) is 12.4 Å². The average molecular weight is 407 g/mol. The molecule has 27 heavy (non-hydrogen) atoms. The van der Waals surface area contributed by atoms with E-state index in [4.69, 9.17) is 4.74 Å². The van der Waals surface area contributed by atoms with Crippen molar-refractivity contribution in [1.82, 2.24) is 0 Å². The largest absolute Gasteiger partial charge is 0.748 e. The number of hydrogen-bond acceptors (Lipinski definition) is 6. The zero-order valence-corrected chi connectivity index (χ0v) is 15.7. The molecule has 0 aromatic heterocycles. The highest BCUT2D eigenvalue weighted by Crippen LogP contribution is 2.38. The number of benzene rings is 1. The van der Waals surface area contributed by atoms with Crippen LogP contribution in [0.1, 0.15) is 43.1 Å². The minimum absolute atomic E-state index is 0.279. The van der Waals surface area contributed by atoms with E-state index in [9.17, 15) is 30.9 Å². The van der Waals surface area contributed by atoms with Gasteiger partial charge < -0.3 is 14.0 Å². The van der Waals surface area contributed by atoms with Crippen LogP contribution in [0.25, 0.3) is 0 Å². The topological polar surface area (TPSA) is 92.7 Å². The predicted octanol–water partition coefficient (Wildman–Crippen LogP) is 2.98. The summed E-state index contributed by atoms with van der Waals surface area (Å²) in [5.74, 6) is 2.62. The van der Waals surface area contributed by atoms with Crippen LogP contribution >= 0.6 is 0 Å². The first-order chi connectivity index (χ1) is 12.3. The van der Waals surface area contributed by atoms with Gasteiger partial charge in [-0.25, -0.2) is 13.2 Å². The summed E-state index contributed by atoms with van der Waals surface area (Å²) in [5, 5.41) is 0. The number of halogens is 3. The second-order valence-electron chi connectivity index (χ2n) is 5.67. The highest BCUT2D eigenvalue weighted by molar-refractivity contribution is 7.85. The maximum Gasteiger partial charge on any atom is 0.419 e. The zero-order chi connectivity index (χ0) is 20.9. The molecule has 1 atom stereocenters. The van der Waals surface area contributed by atoms with Gasteiger partial charge >= 0.3 is 12.1 Å². The van der Waals surface area contributed by atoms with Gasteiger partial charge in [-0.05, 0) is 38.5 Å². The molecule has 0 aliphatic carbocycles. The summed E-state index contributed by atoms with van der Waals surface area (Å²) >= 11 is 0. The molecule has 0 aliphatic heterocycles. The molecule has 0 spiro atoms. The molecule has 1 rings (SSSR count). The van der Waals surface area contributed by atoms with E-state index in [0.29, 0.717) is 6.07 Å². The fourth-order valence-electron chi connectivity index (χ4n) is 1.98. The summed E-state index contributed by atoms with van der Waals surface area (Å²) in [6, 6.07) is 2.38. The Hall–Kier alpha value is -2.25. The van der Waals surface area contributed by atoms with Gasteiger partial charge in [0.2, 0.25) is 0 Å². The minimum atomic E-state index is -4.73. The molecule has 0 heterocycles. The van der Waals surface area contributed by atoms with Crippen LogP contribution < -0.4 is 4.74 Å². The van der Waals surface area contributed by atoms with Gasteiger partial charge in [-0.2, -0.15) is 13.2 Å². The van der Waals surface area contributed by atoms with Crippen molar-refractivity contribution in [3.05, 3.63) is 29.3 Å². The molecule has 0 saturated heterocycles. The molecule has 0 saturated carbocycles. The standard InChI is InChI=1S/C17H19F3O6S/c1-4-8-16(3,5-2)26-14-11-12(6-7-13(14)17(18,19)20)15(21)25-9-10-27(22,23)24/h6-7,11H,5,9-10H2,1-3H3,(H,22,23,24)/p-1. The van der Waals surface area contributed by atoms with Crippen LogP contribution in [0.3, 0.4) is 0 Å². The Kier molecular flexibility index (Phi) is 7.28. The lowest BCUT2D eigenvalue weighted by molar-refractivity contribution is -0.139. The number of rotatable bonds is 7. The smallest absolute Gasteiger partial charge is 0.419 e. The lowest BCUT2D eigenvalue weighted by Crippen LogP contribution is -2.30. The van der Waals surface area contributed by atoms with Gasteiger partial charge in [0.1, 0.15) is 12.4 Å². The number of hydrogen-bond donors (Lipinski definition) is 0. The fraction of sp³-hybridized carbons (Fsp3) is 0.471. The van der Waals surface area contributed by atoms with E-state index in [1.165, 1.54) is 13.8 Å². The molecule has 0 amide bonds. The SMILES string of the molecule is CC#CC(C)(CC)Oc1cc(C(=O)OCCS(=O)(=O)[O-])ccc1C(F)(F)F. The highest BCUT2D eigenvalue weighted by atomic mass is 32.2. The number of carbonyl (C=O) groups is 1. The maximum atomic E-state index is 13.2. The second kappa shape index (κ2) is 8.63. The summed E-state index contributed by atoms with van der Waals surface area (Å²) in [6.45, 7) is 3.99. The summed E-state index contributed by atoms with van der Waals surface area (Å²) in [7, 11) is -4.59. The van der Waals surface area contributed by atoms with Gasteiger partial charge in [-0.3, -0.25) is 0 Å². The summed E-state index contributed by atoms with van der Waals surface area (Å²) in [6.07, 6.45) is -4.45. The van der Waals surface area contributed by atoms with Crippen molar-refractivity contribution in [1.29, 1.82) is 0 Å². The lowest BCUT2D eigenvalue weighted by Gasteiger charge is -2.26. The molecule has 1 unspecified atom stereocenters. The third-order valence-electron chi connectivity index (χ3n) is 3.49. The summed E-state index contributed by atoms with van der Waals surface area (Å²) < 4.78 is 81.3. The fourth-order valence-corrected chi connectivity index (χ4v) is 2.27. The molecule has 10 heteroatoms. The van der Waals surface area contributed by atoms with E-state index in [1.54, 1.807) is 6.92 Å². The Labute approximate surface area is 155 Å². The van der Waals surface area contributed by atoms with E-state index < -0.39 is 51.5 Å². The molecule has 1 aromatic rings. The van der Waals surface area contributed by atoms with Crippen molar-refractivity contribution in [2.45, 2.75) is 39.0 Å². The summed E-state index contributed by atoms with van der Waals surface area (Å²) in [4.78, 5) is 11.9. The monoisotopic (exact) mass is 407 g/mol. The van der Waals surface area contributed by atoms with Gasteiger partial charge in [0, 0.05) is 0 Å². The first kappa shape index (κ1) is 22.8. The van der Waals surface area contributed by atoms with Gasteiger partial charge in [0.05, 0.1) is 27.0 Å². The van der Waals surface area contributed by atoms with E-state index >= 15 is 0 Å². The van der Waals surface area contributed by atoms with Crippen molar-refractivity contribution in [3.63, 3.8) is 0 Å². The van der Waals surface area contributed by atoms with Crippen molar-refractivity contribution in [3.8, 4) is 17.6 Å². The number of carbonyl (C=O) groups excluding carboxylic acids is 1. The zero-order valence-electron chi connectivity index (χ0n) is 14.8. The second-order valence-corrected chi connectivity index (χ2v) is 7.19. The first-order valence-corrected chi connectivity index (χ1v) is 9.34. The quantitative estimate of drug-likeness (QED) is 0.392. The van der Waals surface area contributed by atoms with Gasteiger partial charge in [-0.1, -0.05) is 12.8 Å². The number of esters is 1. The Morgan fingerprint density at radius 2 is 1.93 bits per heavy atom. The van der Waals surface area contributed by atoms with Crippen LogP contribution in [0.15, 0.2) is 18.2 Å². The van der Waals surface area contributed by atoms with Gasteiger partial charge in [0.25, 0.3) is 0 Å². The summed E-state index contributed by atoms with van der Waals surface area (Å²) in [5.41, 5.74) is -2.60. The molecule has 0 radical (unpaired) electrons. The van der Waals surface area contributed by atoms with E-state index in [0.717, 1.165) is 12.1 Å². The van der Waals surface area contributed by atoms with E-state index in [2.05, 4.69) is 16.6 Å². The van der Waals surface area contributed by atoms with Crippen molar-refractivity contribution in [2.24, 2.45) is 0 Å². The first-order valence-electron chi connectivity index (χ1n) is 7.76. The van der Waals surface area contributed by atoms with Crippen LogP contribution in [0.5, 0.6) is 5.75 Å². The highest BCUT2D eigenvalue weighted by Gasteiger charge is 2.36. The Bertz CT molecular complexity index is 852. The normalized spacial score (nSPS) is 13.9. The Morgan fingerprint density at radius 1 is 1.30 bits per heavy atom. The number of ether oxygens (including phenoxy) is 2. The molecule has 0 aliphatic rings. The molecular weight excluding hydrogens is 389 g/mol. The molecule has 0 bridgehead atoms. The Balaban J connectivity index is 3.20. The molecule has 1 aromatic carbocycles. The molecular formula is C17H18F3O6S-. The third kappa shape index (κ3) is 7.11. The van der Waals surface area contributed by atoms with Gasteiger partial charge in [-0.15, -0.1) is 5.92 Å². The van der Waals surface area contributed by atoms with Crippen LogP contribution in [0.2, 0.25) is 0 Å². The van der Waals surface area contributed by atoms with Crippen molar-refractivity contribution < 1.29 is 40.4 Å². The van der Waals surface area contributed by atoms with Crippen LogP contribution in [-0.2, 0) is 21.0 Å². The predicted molar refractivity (Wildman–Crippen MR) is 89.1 cm³/mol. The van der Waals surface area contributed by atoms with Crippen LogP contribution in [0, 0.1) is 11.8 Å². The minimum Gasteiger partial charge on any atom is -0.748 e. The molecule has 0 N–H and O–H groups in total. The molecule has 6 nitrogen and oxygen atoms in total. The van der Waals surface area contributed by atoms with Gasteiger partial charge in [0.15, 0.2) is 5.60 Å². The van der Waals surface area contributed by atoms with Crippen LogP contribution in [-0.4, -0.2) is 36.9 Å². The lowest BCUT2D eigenvalue weighted by atomic mass is 10.0. The van der Waals surface area contributed by atoms with Crippen molar-refractivity contribution >= 4 is 16.1 Å². The van der Waals surface area contributed by atoms with E-state index in [-0.39, 0.29) is 12.0 Å². The molecule has 0 fully saturated rings. The van der Waals surface area contributed by atoms with E-state index in [1.807, 2.05) is 0 Å².